The Morgan fingerprint density at radius 1 is 0.933 bits per heavy atom. The molecule has 0 heterocycles. The molecule has 164 valence electrons. The van der Waals surface area contributed by atoms with Gasteiger partial charge in [0.1, 0.15) is 24.2 Å². The van der Waals surface area contributed by atoms with E-state index in [1.165, 1.54) is 12.5 Å². The first-order chi connectivity index (χ1) is 14.4. The van der Waals surface area contributed by atoms with Gasteiger partial charge in [-0.15, -0.1) is 11.6 Å². The van der Waals surface area contributed by atoms with E-state index < -0.39 is 6.10 Å². The highest BCUT2D eigenvalue weighted by Crippen LogP contribution is 2.33. The summed E-state index contributed by atoms with van der Waals surface area (Å²) in [5.41, 5.74) is 2.18. The van der Waals surface area contributed by atoms with Crippen LogP contribution in [0, 0.1) is 0 Å². The molecular weight excluding hydrogens is 404 g/mol. The lowest BCUT2D eigenvalue weighted by Crippen LogP contribution is -2.25. The summed E-state index contributed by atoms with van der Waals surface area (Å²) in [6.07, 6.45) is 0.403. The minimum Gasteiger partial charge on any atom is -0.494 e. The van der Waals surface area contributed by atoms with Crippen LogP contribution >= 0.6 is 11.6 Å². The van der Waals surface area contributed by atoms with Crippen LogP contribution in [0.15, 0.2) is 48.5 Å². The Bertz CT molecular complexity index is 771. The van der Waals surface area contributed by atoms with Gasteiger partial charge in [-0.05, 0) is 35.4 Å². The molecule has 0 amide bonds. The molecule has 0 spiro atoms. The van der Waals surface area contributed by atoms with Crippen molar-refractivity contribution in [2.45, 2.75) is 38.7 Å². The lowest BCUT2D eigenvalue weighted by molar-refractivity contribution is -0.146. The number of ether oxygens (including phenoxy) is 4. The monoisotopic (exact) mass is 434 g/mol. The van der Waals surface area contributed by atoms with E-state index in [-0.39, 0.29) is 23.9 Å². The molecule has 2 aromatic carbocycles. The Labute approximate surface area is 184 Å². The fourth-order valence-electron chi connectivity index (χ4n) is 3.03. The maximum absolute atomic E-state index is 11.1. The SMILES string of the molecule is COCCCOc1ccc(C(C)(C)c2ccc(OCC(CCl)OC(C)=O)cc2)cc1. The van der Waals surface area contributed by atoms with Crippen LogP contribution in [-0.4, -0.2) is 44.9 Å². The summed E-state index contributed by atoms with van der Waals surface area (Å²) in [6, 6.07) is 16.1. The molecule has 0 aromatic heterocycles. The van der Waals surface area contributed by atoms with Gasteiger partial charge in [0.2, 0.25) is 0 Å². The number of alkyl halides is 1. The van der Waals surface area contributed by atoms with Crippen LogP contribution in [0.1, 0.15) is 38.3 Å². The molecule has 0 aliphatic rings. The molecule has 1 atom stereocenters. The van der Waals surface area contributed by atoms with Crippen molar-refractivity contribution in [1.29, 1.82) is 0 Å². The molecule has 0 fully saturated rings. The second-order valence-corrected chi connectivity index (χ2v) is 7.87. The van der Waals surface area contributed by atoms with E-state index in [1.54, 1.807) is 7.11 Å². The van der Waals surface area contributed by atoms with Crippen LogP contribution in [0.2, 0.25) is 0 Å². The van der Waals surface area contributed by atoms with E-state index in [9.17, 15) is 4.79 Å². The minimum absolute atomic E-state index is 0.177. The number of esters is 1. The van der Waals surface area contributed by atoms with E-state index in [2.05, 4.69) is 26.0 Å². The van der Waals surface area contributed by atoms with E-state index in [1.807, 2.05) is 36.4 Å². The Morgan fingerprint density at radius 3 is 1.93 bits per heavy atom. The van der Waals surface area contributed by atoms with Crippen LogP contribution in [-0.2, 0) is 19.7 Å². The van der Waals surface area contributed by atoms with Crippen molar-refractivity contribution in [3.8, 4) is 11.5 Å². The zero-order valence-corrected chi connectivity index (χ0v) is 18.9. The molecule has 30 heavy (non-hydrogen) atoms. The third-order valence-electron chi connectivity index (χ3n) is 4.85. The van der Waals surface area contributed by atoms with Crippen molar-refractivity contribution >= 4 is 17.6 Å². The van der Waals surface area contributed by atoms with Crippen molar-refractivity contribution in [3.63, 3.8) is 0 Å². The Kier molecular flexibility index (Phi) is 9.47. The Morgan fingerprint density at radius 2 is 1.47 bits per heavy atom. The first-order valence-corrected chi connectivity index (χ1v) is 10.6. The highest BCUT2D eigenvalue weighted by molar-refractivity contribution is 6.18. The van der Waals surface area contributed by atoms with Gasteiger partial charge in [-0.3, -0.25) is 4.79 Å². The number of rotatable bonds is 12. The molecule has 2 aromatic rings. The predicted octanol–water partition coefficient (Wildman–Crippen LogP) is 4.98. The number of benzene rings is 2. The summed E-state index contributed by atoms with van der Waals surface area (Å²) in [4.78, 5) is 11.1. The Hall–Kier alpha value is -2.24. The van der Waals surface area contributed by atoms with Gasteiger partial charge in [0, 0.05) is 32.5 Å². The average molecular weight is 435 g/mol. The third-order valence-corrected chi connectivity index (χ3v) is 5.20. The fourth-order valence-corrected chi connectivity index (χ4v) is 3.18. The Balaban J connectivity index is 1.97. The zero-order valence-electron chi connectivity index (χ0n) is 18.2. The normalized spacial score (nSPS) is 12.3. The van der Waals surface area contributed by atoms with E-state index in [0.29, 0.717) is 19.0 Å². The van der Waals surface area contributed by atoms with Crippen LogP contribution < -0.4 is 9.47 Å². The maximum atomic E-state index is 11.1. The van der Waals surface area contributed by atoms with E-state index in [4.69, 9.17) is 30.5 Å². The van der Waals surface area contributed by atoms with Gasteiger partial charge in [0.15, 0.2) is 0 Å². The van der Waals surface area contributed by atoms with Gasteiger partial charge in [-0.25, -0.2) is 0 Å². The molecule has 0 saturated carbocycles. The highest BCUT2D eigenvalue weighted by atomic mass is 35.5. The molecule has 5 nitrogen and oxygen atoms in total. The van der Waals surface area contributed by atoms with Gasteiger partial charge < -0.3 is 18.9 Å². The minimum atomic E-state index is -0.462. The number of hydrogen-bond donors (Lipinski definition) is 0. The van der Waals surface area contributed by atoms with Crippen molar-refractivity contribution in [1.82, 2.24) is 0 Å². The van der Waals surface area contributed by atoms with Gasteiger partial charge in [-0.1, -0.05) is 38.1 Å². The van der Waals surface area contributed by atoms with Crippen molar-refractivity contribution in [2.75, 3.05) is 32.8 Å². The summed E-state index contributed by atoms with van der Waals surface area (Å²) in [7, 11) is 1.69. The number of halogens is 1. The van der Waals surface area contributed by atoms with E-state index >= 15 is 0 Å². The molecular formula is C24H31ClO5. The molecule has 0 saturated heterocycles. The largest absolute Gasteiger partial charge is 0.494 e. The number of carbonyl (C=O) groups is 1. The standard InChI is InChI=1S/C24H31ClO5/c1-18(26)30-23(16-25)17-29-22-12-8-20(9-13-22)24(2,3)19-6-10-21(11-7-19)28-15-5-14-27-4/h6-13,23H,5,14-17H2,1-4H3. The van der Waals surface area contributed by atoms with Gasteiger partial charge in [0.25, 0.3) is 0 Å². The number of methoxy groups -OCH3 is 1. The summed E-state index contributed by atoms with van der Waals surface area (Å²) in [5, 5.41) is 0. The molecule has 0 aliphatic carbocycles. The molecule has 6 heteroatoms. The lowest BCUT2D eigenvalue weighted by Gasteiger charge is -2.26. The highest BCUT2D eigenvalue weighted by Gasteiger charge is 2.23. The molecule has 0 radical (unpaired) electrons. The average Bonchev–Trinajstić information content (AvgIpc) is 2.74. The van der Waals surface area contributed by atoms with Crippen molar-refractivity contribution < 1.29 is 23.7 Å². The summed E-state index contributed by atoms with van der Waals surface area (Å²) < 4.78 is 21.6. The van der Waals surface area contributed by atoms with Crippen LogP contribution in [0.3, 0.4) is 0 Å². The smallest absolute Gasteiger partial charge is 0.303 e. The van der Waals surface area contributed by atoms with Crippen molar-refractivity contribution in [2.24, 2.45) is 0 Å². The second-order valence-electron chi connectivity index (χ2n) is 7.57. The predicted molar refractivity (Wildman–Crippen MR) is 119 cm³/mol. The van der Waals surface area contributed by atoms with Gasteiger partial charge in [0.05, 0.1) is 12.5 Å². The second kappa shape index (κ2) is 11.8. The van der Waals surface area contributed by atoms with E-state index in [0.717, 1.165) is 17.7 Å². The number of hydrogen-bond acceptors (Lipinski definition) is 5. The quantitative estimate of drug-likeness (QED) is 0.268. The molecule has 0 bridgehead atoms. The van der Waals surface area contributed by atoms with Crippen molar-refractivity contribution in [3.05, 3.63) is 59.7 Å². The zero-order chi connectivity index (χ0) is 22.0. The summed E-state index contributed by atoms with van der Waals surface area (Å²) in [6.45, 7) is 7.28. The van der Waals surface area contributed by atoms with Crippen LogP contribution in [0.5, 0.6) is 11.5 Å². The van der Waals surface area contributed by atoms with Crippen LogP contribution in [0.25, 0.3) is 0 Å². The number of carbonyl (C=O) groups excluding carboxylic acids is 1. The van der Waals surface area contributed by atoms with Crippen LogP contribution in [0.4, 0.5) is 0 Å². The fraction of sp³-hybridized carbons (Fsp3) is 0.458. The molecule has 0 aliphatic heterocycles. The lowest BCUT2D eigenvalue weighted by atomic mass is 9.78. The summed E-state index contributed by atoms with van der Waals surface area (Å²) >= 11 is 5.81. The summed E-state index contributed by atoms with van der Waals surface area (Å²) in [5.74, 6) is 1.39. The topological polar surface area (TPSA) is 54.0 Å². The van der Waals surface area contributed by atoms with Gasteiger partial charge in [-0.2, -0.15) is 0 Å². The third kappa shape index (κ3) is 7.22. The van der Waals surface area contributed by atoms with Gasteiger partial charge >= 0.3 is 5.97 Å². The first-order valence-electron chi connectivity index (χ1n) is 10.1. The maximum Gasteiger partial charge on any atom is 0.303 e. The first kappa shape index (κ1) is 24.0. The molecule has 0 N–H and O–H groups in total. The molecule has 1 unspecified atom stereocenters. The molecule has 2 rings (SSSR count).